The van der Waals surface area contributed by atoms with Crippen molar-refractivity contribution in [2.45, 2.75) is 13.0 Å². The number of benzene rings is 2. The maximum atomic E-state index is 10.8. The molecule has 2 rings (SSSR count). The first-order valence-electron chi connectivity index (χ1n) is 6.62. The lowest BCUT2D eigenvalue weighted by Gasteiger charge is -2.18. The van der Waals surface area contributed by atoms with Gasteiger partial charge in [0.05, 0.1) is 6.61 Å². The highest BCUT2D eigenvalue weighted by Crippen LogP contribution is 2.25. The fourth-order valence-electron chi connectivity index (χ4n) is 1.99. The van der Waals surface area contributed by atoms with E-state index in [4.69, 9.17) is 9.47 Å². The van der Waals surface area contributed by atoms with Gasteiger partial charge in [-0.2, -0.15) is 0 Å². The molecule has 104 valence electrons. The Balaban J connectivity index is 2.07. The largest absolute Gasteiger partial charge is 0.463 e. The van der Waals surface area contributed by atoms with Crippen molar-refractivity contribution in [1.82, 2.24) is 0 Å². The highest BCUT2D eigenvalue weighted by Gasteiger charge is 2.14. The Morgan fingerprint density at radius 3 is 1.85 bits per heavy atom. The molecule has 0 aliphatic carbocycles. The van der Waals surface area contributed by atoms with Gasteiger partial charge in [0.25, 0.3) is 0 Å². The smallest absolute Gasteiger partial charge is 0.302 e. The van der Waals surface area contributed by atoms with E-state index in [1.165, 1.54) is 6.92 Å². The average Bonchev–Trinajstić information content (AvgIpc) is 2.49. The number of hydrogen-bond acceptors (Lipinski definition) is 3. The summed E-state index contributed by atoms with van der Waals surface area (Å²) in [5.74, 6) is -0.287. The molecule has 3 nitrogen and oxygen atoms in total. The van der Waals surface area contributed by atoms with Crippen molar-refractivity contribution in [1.29, 1.82) is 0 Å². The molecule has 0 aliphatic rings. The normalized spacial score (nSPS) is 10.5. The van der Waals surface area contributed by atoms with Crippen LogP contribution in [-0.4, -0.2) is 19.2 Å². The highest BCUT2D eigenvalue weighted by molar-refractivity contribution is 5.65. The predicted molar refractivity (Wildman–Crippen MR) is 77.3 cm³/mol. The van der Waals surface area contributed by atoms with Gasteiger partial charge in [0.2, 0.25) is 0 Å². The van der Waals surface area contributed by atoms with E-state index in [0.29, 0.717) is 6.61 Å². The second-order valence-corrected chi connectivity index (χ2v) is 4.41. The van der Waals surface area contributed by atoms with Gasteiger partial charge in [-0.1, -0.05) is 60.7 Å². The summed E-state index contributed by atoms with van der Waals surface area (Å²) in [6.07, 6.45) is -0.145. The molecule has 0 unspecified atom stereocenters. The van der Waals surface area contributed by atoms with Crippen LogP contribution in [0.4, 0.5) is 0 Å². The second-order valence-electron chi connectivity index (χ2n) is 4.41. The number of carbonyl (C=O) groups excluding carboxylic acids is 1. The van der Waals surface area contributed by atoms with Crippen LogP contribution in [-0.2, 0) is 14.3 Å². The zero-order valence-electron chi connectivity index (χ0n) is 11.5. The quantitative estimate of drug-likeness (QED) is 0.596. The molecule has 20 heavy (non-hydrogen) atoms. The number of esters is 1. The van der Waals surface area contributed by atoms with Gasteiger partial charge in [0.15, 0.2) is 0 Å². The second kappa shape index (κ2) is 7.46. The Morgan fingerprint density at radius 2 is 1.40 bits per heavy atom. The van der Waals surface area contributed by atoms with Gasteiger partial charge in [0.1, 0.15) is 12.7 Å². The molecule has 0 heterocycles. The van der Waals surface area contributed by atoms with Crippen molar-refractivity contribution in [3.63, 3.8) is 0 Å². The first-order chi connectivity index (χ1) is 9.77. The molecule has 2 aromatic carbocycles. The molecule has 0 amide bonds. The molecule has 2 aromatic rings. The summed E-state index contributed by atoms with van der Waals surface area (Å²) >= 11 is 0. The third-order valence-corrected chi connectivity index (χ3v) is 2.88. The van der Waals surface area contributed by atoms with E-state index in [1.807, 2.05) is 60.7 Å². The molecular weight excluding hydrogens is 252 g/mol. The molecule has 3 heteroatoms. The van der Waals surface area contributed by atoms with Crippen LogP contribution in [0.1, 0.15) is 24.2 Å². The van der Waals surface area contributed by atoms with E-state index in [1.54, 1.807) is 0 Å². The fraction of sp³-hybridized carbons (Fsp3) is 0.235. The summed E-state index contributed by atoms with van der Waals surface area (Å²) in [6, 6.07) is 20.0. The third-order valence-electron chi connectivity index (χ3n) is 2.88. The van der Waals surface area contributed by atoms with E-state index in [9.17, 15) is 4.79 Å². The van der Waals surface area contributed by atoms with Gasteiger partial charge in [-0.15, -0.1) is 0 Å². The molecule has 0 atom stereocenters. The van der Waals surface area contributed by atoms with Crippen LogP contribution in [0.15, 0.2) is 60.7 Å². The number of ether oxygens (including phenoxy) is 2. The molecule has 0 N–H and O–H groups in total. The lowest BCUT2D eigenvalue weighted by Crippen LogP contribution is -2.12. The molecule has 0 aromatic heterocycles. The fourth-order valence-corrected chi connectivity index (χ4v) is 1.99. The average molecular weight is 270 g/mol. The van der Waals surface area contributed by atoms with Crippen LogP contribution in [0, 0.1) is 0 Å². The lowest BCUT2D eigenvalue weighted by molar-refractivity contribution is -0.142. The summed E-state index contributed by atoms with van der Waals surface area (Å²) in [7, 11) is 0. The molecule has 0 bridgehead atoms. The number of carbonyl (C=O) groups is 1. The van der Waals surface area contributed by atoms with E-state index >= 15 is 0 Å². The SMILES string of the molecule is CC(=O)OCCOC(c1ccccc1)c1ccccc1. The van der Waals surface area contributed by atoms with Crippen molar-refractivity contribution in [2.75, 3.05) is 13.2 Å². The van der Waals surface area contributed by atoms with Crippen LogP contribution in [0.3, 0.4) is 0 Å². The van der Waals surface area contributed by atoms with Crippen molar-refractivity contribution in [2.24, 2.45) is 0 Å². The van der Waals surface area contributed by atoms with E-state index in [0.717, 1.165) is 11.1 Å². The molecule has 0 saturated carbocycles. The van der Waals surface area contributed by atoms with E-state index < -0.39 is 0 Å². The first kappa shape index (κ1) is 14.3. The monoisotopic (exact) mass is 270 g/mol. The standard InChI is InChI=1S/C17H18O3/c1-14(18)19-12-13-20-17(15-8-4-2-5-9-15)16-10-6-3-7-11-16/h2-11,17H,12-13H2,1H3. The topological polar surface area (TPSA) is 35.5 Å². The Hall–Kier alpha value is -2.13. The molecule has 0 spiro atoms. The molecule has 0 saturated heterocycles. The van der Waals surface area contributed by atoms with Crippen molar-refractivity contribution in [3.05, 3.63) is 71.8 Å². The van der Waals surface area contributed by atoms with Gasteiger partial charge in [-0.25, -0.2) is 0 Å². The van der Waals surface area contributed by atoms with Crippen molar-refractivity contribution < 1.29 is 14.3 Å². The molecule has 0 fully saturated rings. The van der Waals surface area contributed by atoms with Crippen LogP contribution in [0.5, 0.6) is 0 Å². The maximum absolute atomic E-state index is 10.8. The maximum Gasteiger partial charge on any atom is 0.302 e. The number of rotatable bonds is 6. The summed E-state index contributed by atoms with van der Waals surface area (Å²) in [4.78, 5) is 10.8. The van der Waals surface area contributed by atoms with Crippen LogP contribution in [0.25, 0.3) is 0 Å². The zero-order valence-corrected chi connectivity index (χ0v) is 11.5. The summed E-state index contributed by atoms with van der Waals surface area (Å²) in [5.41, 5.74) is 2.17. The van der Waals surface area contributed by atoms with Gasteiger partial charge in [-0.05, 0) is 11.1 Å². The molecule has 0 radical (unpaired) electrons. The predicted octanol–water partition coefficient (Wildman–Crippen LogP) is 3.36. The third kappa shape index (κ3) is 4.21. The Morgan fingerprint density at radius 1 is 0.900 bits per heavy atom. The Labute approximate surface area is 119 Å². The van der Waals surface area contributed by atoms with E-state index in [2.05, 4.69) is 0 Å². The summed E-state index contributed by atoms with van der Waals surface area (Å²) in [5, 5.41) is 0. The van der Waals surface area contributed by atoms with Crippen LogP contribution in [0.2, 0.25) is 0 Å². The van der Waals surface area contributed by atoms with E-state index in [-0.39, 0.29) is 18.7 Å². The van der Waals surface area contributed by atoms with Gasteiger partial charge < -0.3 is 9.47 Å². The number of hydrogen-bond donors (Lipinski definition) is 0. The summed E-state index contributed by atoms with van der Waals surface area (Å²) in [6.45, 7) is 2.03. The minimum atomic E-state index is -0.287. The van der Waals surface area contributed by atoms with Gasteiger partial charge in [-0.3, -0.25) is 4.79 Å². The van der Waals surface area contributed by atoms with Gasteiger partial charge in [0, 0.05) is 6.92 Å². The highest BCUT2D eigenvalue weighted by atomic mass is 16.6. The van der Waals surface area contributed by atoms with Crippen LogP contribution < -0.4 is 0 Å². The minimum Gasteiger partial charge on any atom is -0.463 e. The minimum absolute atomic E-state index is 0.145. The Bertz CT molecular complexity index is 483. The van der Waals surface area contributed by atoms with Crippen molar-refractivity contribution >= 4 is 5.97 Å². The lowest BCUT2D eigenvalue weighted by atomic mass is 10.0. The zero-order chi connectivity index (χ0) is 14.2. The van der Waals surface area contributed by atoms with Crippen LogP contribution >= 0.6 is 0 Å². The Kier molecular flexibility index (Phi) is 5.33. The van der Waals surface area contributed by atoms with Gasteiger partial charge >= 0.3 is 5.97 Å². The van der Waals surface area contributed by atoms with Crippen molar-refractivity contribution in [3.8, 4) is 0 Å². The molecule has 0 aliphatic heterocycles. The summed E-state index contributed by atoms with van der Waals surface area (Å²) < 4.78 is 10.8. The first-order valence-corrected chi connectivity index (χ1v) is 6.62. The molecular formula is C17H18O3.